The number of ketones is 2. The average molecular weight is 284 g/mol. The molecule has 1 unspecified atom stereocenters. The molecule has 0 heterocycles. The lowest BCUT2D eigenvalue weighted by atomic mass is 9.81. The molecule has 5 heteroatoms. The van der Waals surface area contributed by atoms with Gasteiger partial charge in [0.2, 0.25) is 5.91 Å². The number of hydrogen-bond donors (Lipinski definition) is 2. The fourth-order valence-electron chi connectivity index (χ4n) is 1.81. The van der Waals surface area contributed by atoms with E-state index in [2.05, 4.69) is 5.32 Å². The van der Waals surface area contributed by atoms with E-state index >= 15 is 0 Å². The maximum atomic E-state index is 12.3. The molecule has 116 valence electrons. The van der Waals surface area contributed by atoms with Crippen molar-refractivity contribution in [2.45, 2.75) is 65.8 Å². The molecular formula is C15H28N2O3. The Kier molecular flexibility index (Phi) is 8.30. The minimum atomic E-state index is -0.687. The fourth-order valence-corrected chi connectivity index (χ4v) is 1.81. The summed E-state index contributed by atoms with van der Waals surface area (Å²) in [5.41, 5.74) is 4.78. The van der Waals surface area contributed by atoms with E-state index in [1.807, 2.05) is 6.92 Å². The number of nitrogens with one attached hydrogen (secondary N) is 1. The van der Waals surface area contributed by atoms with Gasteiger partial charge in [-0.15, -0.1) is 0 Å². The summed E-state index contributed by atoms with van der Waals surface area (Å²) in [6.45, 7) is 7.37. The first-order valence-corrected chi connectivity index (χ1v) is 7.27. The van der Waals surface area contributed by atoms with Crippen LogP contribution in [0.4, 0.5) is 0 Å². The van der Waals surface area contributed by atoms with Gasteiger partial charge in [0.15, 0.2) is 5.78 Å². The van der Waals surface area contributed by atoms with Crippen molar-refractivity contribution in [1.29, 1.82) is 0 Å². The molecule has 3 N–H and O–H groups in total. The quantitative estimate of drug-likeness (QED) is 0.637. The molecule has 0 spiro atoms. The van der Waals surface area contributed by atoms with Gasteiger partial charge in [0.1, 0.15) is 5.78 Å². The molecular weight excluding hydrogens is 256 g/mol. The van der Waals surface area contributed by atoms with E-state index in [0.717, 1.165) is 6.42 Å². The van der Waals surface area contributed by atoms with E-state index in [1.54, 1.807) is 13.8 Å². The third kappa shape index (κ3) is 6.80. The molecule has 5 nitrogen and oxygen atoms in total. The monoisotopic (exact) mass is 284 g/mol. The van der Waals surface area contributed by atoms with Gasteiger partial charge in [-0.05, 0) is 32.7 Å². The minimum Gasteiger partial charge on any atom is -0.346 e. The lowest BCUT2D eigenvalue weighted by molar-refractivity contribution is -0.133. The number of hydrogen-bond acceptors (Lipinski definition) is 4. The zero-order valence-electron chi connectivity index (χ0n) is 13.1. The van der Waals surface area contributed by atoms with Gasteiger partial charge >= 0.3 is 0 Å². The molecule has 0 aliphatic heterocycles. The van der Waals surface area contributed by atoms with Gasteiger partial charge in [0.25, 0.3) is 0 Å². The van der Waals surface area contributed by atoms with Crippen LogP contribution in [0.5, 0.6) is 0 Å². The van der Waals surface area contributed by atoms with Gasteiger partial charge in [0, 0.05) is 18.3 Å². The van der Waals surface area contributed by atoms with E-state index in [0.29, 0.717) is 25.8 Å². The summed E-state index contributed by atoms with van der Waals surface area (Å²) in [5.74, 6) is -0.241. The zero-order chi connectivity index (χ0) is 15.8. The topological polar surface area (TPSA) is 89.3 Å². The summed E-state index contributed by atoms with van der Waals surface area (Å²) in [4.78, 5) is 35.5. The summed E-state index contributed by atoms with van der Waals surface area (Å²) in [5, 5.41) is 2.76. The predicted molar refractivity (Wildman–Crippen MR) is 79.2 cm³/mol. The van der Waals surface area contributed by atoms with Crippen molar-refractivity contribution in [3.05, 3.63) is 0 Å². The SMILES string of the molecule is CCCC(=O)NC(CCCN)C(=O)CC(C)(C)C(C)=O. The van der Waals surface area contributed by atoms with Gasteiger partial charge in [-0.2, -0.15) is 0 Å². The Labute approximate surface area is 121 Å². The molecule has 0 fully saturated rings. The van der Waals surface area contributed by atoms with Crippen LogP contribution >= 0.6 is 0 Å². The fraction of sp³-hybridized carbons (Fsp3) is 0.800. The second-order valence-electron chi connectivity index (χ2n) is 5.88. The number of Topliss-reactive ketones (excluding diaryl/α,β-unsaturated/α-hetero) is 2. The van der Waals surface area contributed by atoms with Crippen molar-refractivity contribution < 1.29 is 14.4 Å². The lowest BCUT2D eigenvalue weighted by Gasteiger charge is -2.24. The predicted octanol–water partition coefficient (Wildman–Crippen LogP) is 1.58. The van der Waals surface area contributed by atoms with Crippen LogP contribution in [0, 0.1) is 5.41 Å². The molecule has 0 radical (unpaired) electrons. The normalized spacial score (nSPS) is 12.8. The Hall–Kier alpha value is -1.23. The maximum Gasteiger partial charge on any atom is 0.220 e. The Morgan fingerprint density at radius 1 is 1.25 bits per heavy atom. The smallest absolute Gasteiger partial charge is 0.220 e. The Bertz CT molecular complexity index is 351. The molecule has 0 aromatic carbocycles. The van der Waals surface area contributed by atoms with Crippen molar-refractivity contribution in [3.63, 3.8) is 0 Å². The van der Waals surface area contributed by atoms with Gasteiger partial charge in [0.05, 0.1) is 6.04 Å². The van der Waals surface area contributed by atoms with E-state index in [4.69, 9.17) is 5.73 Å². The van der Waals surface area contributed by atoms with Crippen LogP contribution in [0.2, 0.25) is 0 Å². The zero-order valence-corrected chi connectivity index (χ0v) is 13.1. The summed E-state index contributed by atoms with van der Waals surface area (Å²) < 4.78 is 0. The highest BCUT2D eigenvalue weighted by Gasteiger charge is 2.30. The first kappa shape index (κ1) is 18.8. The first-order chi connectivity index (χ1) is 9.24. The van der Waals surface area contributed by atoms with Crippen LogP contribution in [0.1, 0.15) is 59.8 Å². The van der Waals surface area contributed by atoms with Crippen LogP contribution in [0.15, 0.2) is 0 Å². The van der Waals surface area contributed by atoms with Gasteiger partial charge in [-0.1, -0.05) is 20.8 Å². The van der Waals surface area contributed by atoms with Crippen molar-refractivity contribution >= 4 is 17.5 Å². The third-order valence-electron chi connectivity index (χ3n) is 3.47. The molecule has 0 saturated heterocycles. The van der Waals surface area contributed by atoms with Crippen LogP contribution in [-0.4, -0.2) is 30.1 Å². The van der Waals surface area contributed by atoms with Crippen LogP contribution < -0.4 is 11.1 Å². The number of nitrogens with two attached hydrogens (primary N) is 1. The third-order valence-corrected chi connectivity index (χ3v) is 3.47. The molecule has 20 heavy (non-hydrogen) atoms. The van der Waals surface area contributed by atoms with Crippen molar-refractivity contribution in [2.24, 2.45) is 11.1 Å². The van der Waals surface area contributed by atoms with E-state index in [-0.39, 0.29) is 23.9 Å². The standard InChI is InChI=1S/C15H28N2O3/c1-5-7-14(20)17-12(8-6-9-16)13(19)10-15(3,4)11(2)18/h12H,5-10,16H2,1-4H3,(H,17,20). The molecule has 0 aliphatic carbocycles. The highest BCUT2D eigenvalue weighted by molar-refractivity contribution is 5.93. The second kappa shape index (κ2) is 8.84. The van der Waals surface area contributed by atoms with Crippen molar-refractivity contribution in [1.82, 2.24) is 5.32 Å². The summed E-state index contributed by atoms with van der Waals surface area (Å²) in [7, 11) is 0. The minimum absolute atomic E-state index is 0.0247. The van der Waals surface area contributed by atoms with Gasteiger partial charge < -0.3 is 11.1 Å². The summed E-state index contributed by atoms with van der Waals surface area (Å²) in [6.07, 6.45) is 2.48. The van der Waals surface area contributed by atoms with E-state index < -0.39 is 11.5 Å². The summed E-state index contributed by atoms with van der Waals surface area (Å²) in [6, 6.07) is -0.531. The molecule has 0 aromatic rings. The van der Waals surface area contributed by atoms with Gasteiger partial charge in [-0.25, -0.2) is 0 Å². The molecule has 0 aliphatic rings. The van der Waals surface area contributed by atoms with Gasteiger partial charge in [-0.3, -0.25) is 14.4 Å². The number of rotatable bonds is 10. The van der Waals surface area contributed by atoms with E-state index in [9.17, 15) is 14.4 Å². The van der Waals surface area contributed by atoms with Crippen molar-refractivity contribution in [3.8, 4) is 0 Å². The molecule has 0 rings (SSSR count). The molecule has 1 atom stereocenters. The van der Waals surface area contributed by atoms with Crippen molar-refractivity contribution in [2.75, 3.05) is 6.54 Å². The number of carbonyl (C=O) groups is 3. The molecule has 0 bridgehead atoms. The average Bonchev–Trinajstić information content (AvgIpc) is 2.33. The van der Waals surface area contributed by atoms with E-state index in [1.165, 1.54) is 6.92 Å². The van der Waals surface area contributed by atoms with Crippen LogP contribution in [0.3, 0.4) is 0 Å². The highest BCUT2D eigenvalue weighted by Crippen LogP contribution is 2.23. The Balaban J connectivity index is 4.71. The van der Waals surface area contributed by atoms with Crippen LogP contribution in [-0.2, 0) is 14.4 Å². The second-order valence-corrected chi connectivity index (χ2v) is 5.88. The largest absolute Gasteiger partial charge is 0.346 e. The Morgan fingerprint density at radius 3 is 2.30 bits per heavy atom. The lowest BCUT2D eigenvalue weighted by Crippen LogP contribution is -2.43. The highest BCUT2D eigenvalue weighted by atomic mass is 16.2. The number of carbonyl (C=O) groups excluding carboxylic acids is 3. The summed E-state index contributed by atoms with van der Waals surface area (Å²) >= 11 is 0. The molecule has 0 saturated carbocycles. The molecule has 1 amide bonds. The maximum absolute atomic E-state index is 12.3. The number of amides is 1. The molecule has 0 aromatic heterocycles. The Morgan fingerprint density at radius 2 is 1.85 bits per heavy atom. The van der Waals surface area contributed by atoms with Crippen LogP contribution in [0.25, 0.3) is 0 Å². The first-order valence-electron chi connectivity index (χ1n) is 7.27.